The molecule has 1 saturated carbocycles. The number of carbonyl (C=O) groups excluding carboxylic acids is 1. The molecule has 3 atom stereocenters. The second-order valence-electron chi connectivity index (χ2n) is 7.44. The minimum absolute atomic E-state index is 0.133. The van der Waals surface area contributed by atoms with Crippen LogP contribution in [0.4, 0.5) is 0 Å². The van der Waals surface area contributed by atoms with E-state index in [-0.39, 0.29) is 18.0 Å². The molecular weight excluding hydrogens is 314 g/mol. The zero-order valence-corrected chi connectivity index (χ0v) is 15.2. The Morgan fingerprint density at radius 3 is 2.84 bits per heavy atom. The van der Waals surface area contributed by atoms with Gasteiger partial charge in [0.2, 0.25) is 5.91 Å². The Bertz CT molecular complexity index is 572. The van der Waals surface area contributed by atoms with Crippen LogP contribution in [0.5, 0.6) is 0 Å². The maximum atomic E-state index is 12.4. The van der Waals surface area contributed by atoms with Crippen molar-refractivity contribution in [3.8, 4) is 0 Å². The number of aryl methyl sites for hydroxylation is 1. The van der Waals surface area contributed by atoms with E-state index in [4.69, 9.17) is 10.5 Å². The van der Waals surface area contributed by atoms with E-state index in [2.05, 4.69) is 41.4 Å². The summed E-state index contributed by atoms with van der Waals surface area (Å²) in [6.07, 6.45) is 3.85. The summed E-state index contributed by atoms with van der Waals surface area (Å²) in [4.78, 5) is 14.8. The number of carbonyl (C=O) groups is 1. The van der Waals surface area contributed by atoms with Gasteiger partial charge in [0.05, 0.1) is 19.3 Å². The Balaban J connectivity index is 1.62. The molecule has 3 rings (SSSR count). The largest absolute Gasteiger partial charge is 0.379 e. The Morgan fingerprint density at radius 2 is 2.16 bits per heavy atom. The van der Waals surface area contributed by atoms with Gasteiger partial charge in [-0.3, -0.25) is 9.69 Å². The molecule has 2 aliphatic rings. The molecule has 1 unspecified atom stereocenters. The summed E-state index contributed by atoms with van der Waals surface area (Å²) >= 11 is 0. The van der Waals surface area contributed by atoms with Crippen LogP contribution in [0.3, 0.4) is 0 Å². The van der Waals surface area contributed by atoms with Crippen LogP contribution in [0.25, 0.3) is 0 Å². The van der Waals surface area contributed by atoms with Gasteiger partial charge in [0.1, 0.15) is 0 Å². The van der Waals surface area contributed by atoms with Crippen LogP contribution in [-0.2, 0) is 9.53 Å². The fraction of sp³-hybridized carbons (Fsp3) is 0.650. The molecule has 138 valence electrons. The molecule has 0 bridgehead atoms. The number of morpholine rings is 1. The average molecular weight is 345 g/mol. The van der Waals surface area contributed by atoms with E-state index in [1.165, 1.54) is 11.1 Å². The van der Waals surface area contributed by atoms with Gasteiger partial charge >= 0.3 is 0 Å². The molecule has 0 spiro atoms. The second kappa shape index (κ2) is 8.79. The van der Waals surface area contributed by atoms with E-state index in [0.717, 1.165) is 45.6 Å². The van der Waals surface area contributed by atoms with Crippen molar-refractivity contribution < 1.29 is 9.53 Å². The third-order valence-electron chi connectivity index (χ3n) is 5.57. The van der Waals surface area contributed by atoms with Gasteiger partial charge in [-0.25, -0.2) is 0 Å². The van der Waals surface area contributed by atoms with E-state index in [1.54, 1.807) is 0 Å². The predicted molar refractivity (Wildman–Crippen MR) is 99.3 cm³/mol. The minimum atomic E-state index is 0.133. The van der Waals surface area contributed by atoms with Gasteiger partial charge in [-0.15, -0.1) is 0 Å². The monoisotopic (exact) mass is 345 g/mol. The number of amides is 1. The Labute approximate surface area is 150 Å². The fourth-order valence-corrected chi connectivity index (χ4v) is 4.06. The zero-order valence-electron chi connectivity index (χ0n) is 15.2. The molecule has 5 heteroatoms. The van der Waals surface area contributed by atoms with E-state index < -0.39 is 0 Å². The summed E-state index contributed by atoms with van der Waals surface area (Å²) < 4.78 is 5.49. The van der Waals surface area contributed by atoms with Gasteiger partial charge in [0.15, 0.2) is 0 Å². The minimum Gasteiger partial charge on any atom is -0.379 e. The highest BCUT2D eigenvalue weighted by atomic mass is 16.5. The van der Waals surface area contributed by atoms with Crippen molar-refractivity contribution >= 4 is 5.91 Å². The first-order valence-corrected chi connectivity index (χ1v) is 9.54. The van der Waals surface area contributed by atoms with Crippen molar-refractivity contribution in [2.24, 2.45) is 11.7 Å². The predicted octanol–water partition coefficient (Wildman–Crippen LogP) is 2.00. The quantitative estimate of drug-likeness (QED) is 0.827. The first kappa shape index (κ1) is 18.4. The first-order chi connectivity index (χ1) is 12.1. The number of nitrogens with one attached hydrogen (secondary N) is 1. The number of hydrogen-bond donors (Lipinski definition) is 2. The number of benzene rings is 1. The third-order valence-corrected chi connectivity index (χ3v) is 5.57. The Hall–Kier alpha value is -1.43. The lowest BCUT2D eigenvalue weighted by Crippen LogP contribution is -2.44. The SMILES string of the molecule is Cc1cccc(C(CNC(=O)C[C@@H]2CCC[C@H]2N)N2CCOCC2)c1. The van der Waals surface area contributed by atoms with E-state index in [1.807, 2.05) is 0 Å². The topological polar surface area (TPSA) is 67.6 Å². The van der Waals surface area contributed by atoms with Gasteiger partial charge in [0, 0.05) is 32.1 Å². The van der Waals surface area contributed by atoms with Crippen LogP contribution in [0.2, 0.25) is 0 Å². The van der Waals surface area contributed by atoms with Crippen molar-refractivity contribution in [2.75, 3.05) is 32.8 Å². The molecule has 1 aliphatic carbocycles. The van der Waals surface area contributed by atoms with Crippen LogP contribution < -0.4 is 11.1 Å². The van der Waals surface area contributed by atoms with Gasteiger partial charge in [0.25, 0.3) is 0 Å². The lowest BCUT2D eigenvalue weighted by Gasteiger charge is -2.35. The standard InChI is InChI=1S/C20H31N3O2/c1-15-4-2-6-17(12-15)19(23-8-10-25-11-9-23)14-22-20(24)13-16-5-3-7-18(16)21/h2,4,6,12,16,18-19H,3,5,7-11,13-14,21H2,1H3,(H,22,24)/t16-,18+,19?/m0/s1. The average Bonchev–Trinajstić information content (AvgIpc) is 3.01. The summed E-state index contributed by atoms with van der Waals surface area (Å²) in [7, 11) is 0. The fourth-order valence-electron chi connectivity index (χ4n) is 4.06. The molecular formula is C20H31N3O2. The zero-order chi connectivity index (χ0) is 17.6. The molecule has 1 aliphatic heterocycles. The highest BCUT2D eigenvalue weighted by Gasteiger charge is 2.27. The number of nitrogens with two attached hydrogens (primary N) is 1. The Kier molecular flexibility index (Phi) is 6.45. The van der Waals surface area contributed by atoms with Crippen molar-refractivity contribution in [2.45, 2.75) is 44.7 Å². The number of nitrogens with zero attached hydrogens (tertiary/aromatic N) is 1. The second-order valence-corrected chi connectivity index (χ2v) is 7.44. The van der Waals surface area contributed by atoms with Gasteiger partial charge in [-0.2, -0.15) is 0 Å². The van der Waals surface area contributed by atoms with Crippen LogP contribution in [0, 0.1) is 12.8 Å². The van der Waals surface area contributed by atoms with Gasteiger partial charge in [-0.1, -0.05) is 36.2 Å². The number of rotatable bonds is 6. The maximum Gasteiger partial charge on any atom is 0.220 e. The van der Waals surface area contributed by atoms with E-state index in [9.17, 15) is 4.79 Å². The van der Waals surface area contributed by atoms with E-state index >= 15 is 0 Å². The number of hydrogen-bond acceptors (Lipinski definition) is 4. The molecule has 0 radical (unpaired) electrons. The highest BCUT2D eigenvalue weighted by molar-refractivity contribution is 5.76. The van der Waals surface area contributed by atoms with Crippen LogP contribution >= 0.6 is 0 Å². The summed E-state index contributed by atoms with van der Waals surface area (Å²) in [5.41, 5.74) is 8.62. The van der Waals surface area contributed by atoms with Crippen molar-refractivity contribution in [1.82, 2.24) is 10.2 Å². The summed E-state index contributed by atoms with van der Waals surface area (Å²) in [6.45, 7) is 6.08. The van der Waals surface area contributed by atoms with Crippen LogP contribution in [0.15, 0.2) is 24.3 Å². The summed E-state index contributed by atoms with van der Waals surface area (Å²) in [6, 6.07) is 8.98. The van der Waals surface area contributed by atoms with Crippen LogP contribution in [-0.4, -0.2) is 49.7 Å². The lowest BCUT2D eigenvalue weighted by molar-refractivity contribution is -0.122. The van der Waals surface area contributed by atoms with Crippen LogP contribution in [0.1, 0.15) is 42.9 Å². The smallest absolute Gasteiger partial charge is 0.220 e. The Morgan fingerprint density at radius 1 is 1.36 bits per heavy atom. The van der Waals surface area contributed by atoms with Crippen molar-refractivity contribution in [3.63, 3.8) is 0 Å². The number of ether oxygens (including phenoxy) is 1. The summed E-state index contributed by atoms with van der Waals surface area (Å²) in [5.74, 6) is 0.481. The van der Waals surface area contributed by atoms with Gasteiger partial charge < -0.3 is 15.8 Å². The van der Waals surface area contributed by atoms with Gasteiger partial charge in [-0.05, 0) is 31.2 Å². The molecule has 1 heterocycles. The molecule has 1 saturated heterocycles. The summed E-state index contributed by atoms with van der Waals surface area (Å²) in [5, 5.41) is 3.17. The highest BCUT2D eigenvalue weighted by Crippen LogP contribution is 2.27. The normalized spacial score (nSPS) is 25.7. The molecule has 1 aromatic carbocycles. The molecule has 2 fully saturated rings. The molecule has 3 N–H and O–H groups in total. The molecule has 1 aromatic rings. The molecule has 0 aromatic heterocycles. The lowest BCUT2D eigenvalue weighted by atomic mass is 9.99. The van der Waals surface area contributed by atoms with E-state index in [0.29, 0.717) is 18.9 Å². The van der Waals surface area contributed by atoms with Crippen molar-refractivity contribution in [3.05, 3.63) is 35.4 Å². The molecule has 1 amide bonds. The molecule has 25 heavy (non-hydrogen) atoms. The van der Waals surface area contributed by atoms with Crippen molar-refractivity contribution in [1.29, 1.82) is 0 Å². The molecule has 5 nitrogen and oxygen atoms in total. The maximum absolute atomic E-state index is 12.4. The third kappa shape index (κ3) is 5.03. The first-order valence-electron chi connectivity index (χ1n) is 9.54.